The van der Waals surface area contributed by atoms with Crippen LogP contribution < -0.4 is 5.32 Å². The fourth-order valence-corrected chi connectivity index (χ4v) is 2.19. The number of aliphatic hydroxyl groups is 1. The Morgan fingerprint density at radius 1 is 1.15 bits per heavy atom. The number of aliphatic carboxylic acids is 1. The second kappa shape index (κ2) is 9.58. The Balaban J connectivity index is 4.92. The van der Waals surface area contributed by atoms with E-state index in [1.165, 1.54) is 4.90 Å². The highest BCUT2D eigenvalue weighted by molar-refractivity contribution is 5.83. The molecule has 0 aliphatic heterocycles. The van der Waals surface area contributed by atoms with Crippen molar-refractivity contribution in [2.45, 2.75) is 59.0 Å². The van der Waals surface area contributed by atoms with E-state index in [0.29, 0.717) is 6.42 Å². The average molecular weight is 288 g/mol. The molecular formula is C14H28N2O4. The molecular weight excluding hydrogens is 260 g/mol. The standard InChI is InChI=1S/C14H28N2O4/c1-5-10(4)12(13(18)19)15-14(20)16(8-9-17)11(6-2)7-3/h10-12,17H,5-9H2,1-4H3,(H,15,20)(H,18,19). The summed E-state index contributed by atoms with van der Waals surface area (Å²) in [6.07, 6.45) is 2.21. The van der Waals surface area contributed by atoms with Crippen LogP contribution in [0.2, 0.25) is 0 Å². The van der Waals surface area contributed by atoms with Crippen LogP contribution in [0.5, 0.6) is 0 Å². The summed E-state index contributed by atoms with van der Waals surface area (Å²) >= 11 is 0. The van der Waals surface area contributed by atoms with E-state index < -0.39 is 18.0 Å². The van der Waals surface area contributed by atoms with Gasteiger partial charge in [0.25, 0.3) is 0 Å². The number of hydrogen-bond donors (Lipinski definition) is 3. The molecule has 0 bridgehead atoms. The van der Waals surface area contributed by atoms with Crippen LogP contribution in [0.1, 0.15) is 47.0 Å². The quantitative estimate of drug-likeness (QED) is 0.602. The lowest BCUT2D eigenvalue weighted by Gasteiger charge is -2.32. The van der Waals surface area contributed by atoms with Gasteiger partial charge in [-0.15, -0.1) is 0 Å². The number of carbonyl (C=O) groups is 2. The molecule has 118 valence electrons. The van der Waals surface area contributed by atoms with Gasteiger partial charge in [0.15, 0.2) is 0 Å². The monoisotopic (exact) mass is 288 g/mol. The Bertz CT molecular complexity index is 306. The van der Waals surface area contributed by atoms with E-state index in [1.807, 2.05) is 20.8 Å². The van der Waals surface area contributed by atoms with Crippen LogP contribution in [-0.4, -0.2) is 52.3 Å². The van der Waals surface area contributed by atoms with Crippen LogP contribution in [0, 0.1) is 5.92 Å². The number of hydrogen-bond acceptors (Lipinski definition) is 3. The molecule has 2 amide bonds. The van der Waals surface area contributed by atoms with Gasteiger partial charge in [-0.25, -0.2) is 9.59 Å². The Morgan fingerprint density at radius 2 is 1.70 bits per heavy atom. The number of carboxylic acid groups (broad SMARTS) is 1. The minimum atomic E-state index is -1.03. The zero-order chi connectivity index (χ0) is 15.7. The Hall–Kier alpha value is -1.30. The number of amides is 2. The summed E-state index contributed by atoms with van der Waals surface area (Å²) in [7, 11) is 0. The fourth-order valence-electron chi connectivity index (χ4n) is 2.19. The molecule has 0 aliphatic rings. The molecule has 0 saturated carbocycles. The van der Waals surface area contributed by atoms with Gasteiger partial charge >= 0.3 is 12.0 Å². The van der Waals surface area contributed by atoms with Crippen LogP contribution in [-0.2, 0) is 4.79 Å². The summed E-state index contributed by atoms with van der Waals surface area (Å²) in [5.74, 6) is -1.17. The van der Waals surface area contributed by atoms with Crippen LogP contribution >= 0.6 is 0 Å². The lowest BCUT2D eigenvalue weighted by molar-refractivity contribution is -0.140. The highest BCUT2D eigenvalue weighted by atomic mass is 16.4. The van der Waals surface area contributed by atoms with Crippen molar-refractivity contribution in [3.05, 3.63) is 0 Å². The predicted octanol–water partition coefficient (Wildman–Crippen LogP) is 1.68. The molecule has 2 unspecified atom stereocenters. The zero-order valence-electron chi connectivity index (χ0n) is 12.9. The van der Waals surface area contributed by atoms with E-state index >= 15 is 0 Å². The maximum Gasteiger partial charge on any atom is 0.326 e. The Morgan fingerprint density at radius 3 is 2.05 bits per heavy atom. The van der Waals surface area contributed by atoms with Crippen LogP contribution in [0.4, 0.5) is 4.79 Å². The number of nitrogens with one attached hydrogen (secondary N) is 1. The number of carboxylic acids is 1. The number of carbonyl (C=O) groups excluding carboxylic acids is 1. The van der Waals surface area contributed by atoms with Gasteiger partial charge in [-0.2, -0.15) is 0 Å². The number of nitrogens with zero attached hydrogens (tertiary/aromatic N) is 1. The van der Waals surface area contributed by atoms with Crippen LogP contribution in [0.25, 0.3) is 0 Å². The normalized spacial score (nSPS) is 13.9. The van der Waals surface area contributed by atoms with Crippen molar-refractivity contribution in [3.8, 4) is 0 Å². The van der Waals surface area contributed by atoms with Crippen LogP contribution in [0.3, 0.4) is 0 Å². The lowest BCUT2D eigenvalue weighted by Crippen LogP contribution is -2.53. The van der Waals surface area contributed by atoms with E-state index in [9.17, 15) is 14.7 Å². The summed E-state index contributed by atoms with van der Waals surface area (Å²) in [4.78, 5) is 25.0. The van der Waals surface area contributed by atoms with Gasteiger partial charge in [0, 0.05) is 12.6 Å². The largest absolute Gasteiger partial charge is 0.480 e. The molecule has 0 aromatic heterocycles. The van der Waals surface area contributed by atoms with Gasteiger partial charge in [0.05, 0.1) is 6.61 Å². The van der Waals surface area contributed by atoms with E-state index in [4.69, 9.17) is 5.11 Å². The summed E-state index contributed by atoms with van der Waals surface area (Å²) in [5.41, 5.74) is 0. The first-order valence-corrected chi connectivity index (χ1v) is 7.33. The second-order valence-corrected chi connectivity index (χ2v) is 5.04. The predicted molar refractivity (Wildman–Crippen MR) is 77.6 cm³/mol. The first-order chi connectivity index (χ1) is 9.42. The second-order valence-electron chi connectivity index (χ2n) is 5.04. The lowest BCUT2D eigenvalue weighted by atomic mass is 9.99. The van der Waals surface area contributed by atoms with Crippen LogP contribution in [0.15, 0.2) is 0 Å². The van der Waals surface area contributed by atoms with E-state index in [2.05, 4.69) is 5.32 Å². The topological polar surface area (TPSA) is 89.9 Å². The number of aliphatic hydroxyl groups excluding tert-OH is 1. The summed E-state index contributed by atoms with van der Waals surface area (Å²) in [5, 5.41) is 20.9. The number of rotatable bonds is 9. The van der Waals surface area contributed by atoms with Crippen molar-refractivity contribution >= 4 is 12.0 Å². The van der Waals surface area contributed by atoms with Gasteiger partial charge in [0.1, 0.15) is 6.04 Å². The van der Waals surface area contributed by atoms with Gasteiger partial charge in [-0.05, 0) is 18.8 Å². The number of urea groups is 1. The highest BCUT2D eigenvalue weighted by Gasteiger charge is 2.29. The highest BCUT2D eigenvalue weighted by Crippen LogP contribution is 2.12. The molecule has 0 heterocycles. The molecule has 20 heavy (non-hydrogen) atoms. The molecule has 0 aliphatic carbocycles. The van der Waals surface area contributed by atoms with Crippen molar-refractivity contribution in [2.24, 2.45) is 5.92 Å². The maximum absolute atomic E-state index is 12.3. The molecule has 0 fully saturated rings. The van der Waals surface area contributed by atoms with Gasteiger partial charge in [-0.3, -0.25) is 0 Å². The zero-order valence-corrected chi connectivity index (χ0v) is 12.9. The van der Waals surface area contributed by atoms with E-state index in [1.54, 1.807) is 6.92 Å². The SMILES string of the molecule is CCC(C)C(NC(=O)N(CCO)C(CC)CC)C(=O)O. The first-order valence-electron chi connectivity index (χ1n) is 7.33. The molecule has 2 atom stereocenters. The molecule has 0 saturated heterocycles. The summed E-state index contributed by atoms with van der Waals surface area (Å²) in [6.45, 7) is 7.70. The van der Waals surface area contributed by atoms with Gasteiger partial charge < -0.3 is 20.4 Å². The maximum atomic E-state index is 12.3. The van der Waals surface area contributed by atoms with E-state index in [-0.39, 0.29) is 25.1 Å². The van der Waals surface area contributed by atoms with Crippen molar-refractivity contribution < 1.29 is 19.8 Å². The molecule has 0 aromatic carbocycles. The molecule has 0 radical (unpaired) electrons. The Labute approximate surface area is 121 Å². The van der Waals surface area contributed by atoms with E-state index in [0.717, 1.165) is 12.8 Å². The minimum absolute atomic E-state index is 0.00790. The third kappa shape index (κ3) is 5.36. The smallest absolute Gasteiger partial charge is 0.326 e. The fraction of sp³-hybridized carbons (Fsp3) is 0.857. The Kier molecular flexibility index (Phi) is 8.96. The van der Waals surface area contributed by atoms with Crippen molar-refractivity contribution in [2.75, 3.05) is 13.2 Å². The molecule has 3 N–H and O–H groups in total. The molecule has 0 spiro atoms. The third-order valence-electron chi connectivity index (χ3n) is 3.74. The van der Waals surface area contributed by atoms with Crippen molar-refractivity contribution in [1.29, 1.82) is 0 Å². The van der Waals surface area contributed by atoms with Crippen molar-refractivity contribution in [3.63, 3.8) is 0 Å². The summed E-state index contributed by atoms with van der Waals surface area (Å²) in [6, 6.07) is -1.31. The van der Waals surface area contributed by atoms with Crippen molar-refractivity contribution in [1.82, 2.24) is 10.2 Å². The summed E-state index contributed by atoms with van der Waals surface area (Å²) < 4.78 is 0. The molecule has 6 nitrogen and oxygen atoms in total. The third-order valence-corrected chi connectivity index (χ3v) is 3.74. The average Bonchev–Trinajstić information content (AvgIpc) is 2.43. The van der Waals surface area contributed by atoms with Gasteiger partial charge in [-0.1, -0.05) is 34.1 Å². The van der Waals surface area contributed by atoms with Gasteiger partial charge in [0.2, 0.25) is 0 Å². The molecule has 0 aromatic rings. The molecule has 6 heteroatoms. The minimum Gasteiger partial charge on any atom is -0.480 e. The first kappa shape index (κ1) is 18.7. The molecule has 0 rings (SSSR count).